The van der Waals surface area contributed by atoms with Crippen LogP contribution in [0.5, 0.6) is 0 Å². The number of amides is 2. The van der Waals surface area contributed by atoms with Crippen molar-refractivity contribution in [1.82, 2.24) is 19.6 Å². The standard InChI is InChI=1S/C14H22N4O2/c1-14(13(20)16(2)3)7-5-8-18(10-14)12(19)11-6-9-17(4)15-11/h6,9H,5,7-8,10H2,1-4H3/t14-/m0/s1. The quantitative estimate of drug-likeness (QED) is 0.802. The van der Waals surface area contributed by atoms with Gasteiger partial charge in [0.1, 0.15) is 5.69 Å². The van der Waals surface area contributed by atoms with E-state index >= 15 is 0 Å². The maximum atomic E-state index is 12.4. The van der Waals surface area contributed by atoms with E-state index < -0.39 is 5.41 Å². The first kappa shape index (κ1) is 14.6. The molecule has 1 aromatic rings. The third-order valence-electron chi connectivity index (χ3n) is 3.84. The zero-order valence-electron chi connectivity index (χ0n) is 12.6. The molecule has 0 saturated carbocycles. The zero-order chi connectivity index (χ0) is 14.9. The topological polar surface area (TPSA) is 58.4 Å². The number of piperidine rings is 1. The minimum Gasteiger partial charge on any atom is -0.348 e. The number of aromatic nitrogens is 2. The molecule has 0 radical (unpaired) electrons. The third-order valence-corrected chi connectivity index (χ3v) is 3.84. The zero-order valence-corrected chi connectivity index (χ0v) is 12.6. The molecule has 1 aliphatic heterocycles. The van der Waals surface area contributed by atoms with Gasteiger partial charge in [0.2, 0.25) is 5.91 Å². The van der Waals surface area contributed by atoms with Crippen molar-refractivity contribution >= 4 is 11.8 Å². The molecular formula is C14H22N4O2. The van der Waals surface area contributed by atoms with Crippen LogP contribution in [0.2, 0.25) is 0 Å². The number of rotatable bonds is 2. The van der Waals surface area contributed by atoms with Crippen LogP contribution in [0.4, 0.5) is 0 Å². The molecule has 0 aromatic carbocycles. The molecule has 0 spiro atoms. The fraction of sp³-hybridized carbons (Fsp3) is 0.643. The minimum atomic E-state index is -0.494. The van der Waals surface area contributed by atoms with Crippen LogP contribution in [0.25, 0.3) is 0 Å². The molecule has 1 fully saturated rings. The normalized spacial score (nSPS) is 22.7. The van der Waals surface area contributed by atoms with Crippen LogP contribution in [-0.4, -0.2) is 58.6 Å². The maximum absolute atomic E-state index is 12.4. The maximum Gasteiger partial charge on any atom is 0.274 e. The molecule has 1 saturated heterocycles. The van der Waals surface area contributed by atoms with Gasteiger partial charge in [-0.3, -0.25) is 14.3 Å². The smallest absolute Gasteiger partial charge is 0.274 e. The Hall–Kier alpha value is -1.85. The van der Waals surface area contributed by atoms with E-state index in [4.69, 9.17) is 0 Å². The molecule has 1 atom stereocenters. The Morgan fingerprint density at radius 1 is 1.40 bits per heavy atom. The highest BCUT2D eigenvalue weighted by molar-refractivity contribution is 5.93. The first-order valence-corrected chi connectivity index (χ1v) is 6.84. The molecular weight excluding hydrogens is 256 g/mol. The fourth-order valence-corrected chi connectivity index (χ4v) is 2.82. The van der Waals surface area contributed by atoms with Gasteiger partial charge in [-0.05, 0) is 25.8 Å². The average molecular weight is 278 g/mol. The predicted molar refractivity (Wildman–Crippen MR) is 75.1 cm³/mol. The van der Waals surface area contributed by atoms with Gasteiger partial charge >= 0.3 is 0 Å². The minimum absolute atomic E-state index is 0.0796. The van der Waals surface area contributed by atoms with Crippen LogP contribution in [0.3, 0.4) is 0 Å². The highest BCUT2D eigenvalue weighted by Gasteiger charge is 2.40. The van der Waals surface area contributed by atoms with Crippen LogP contribution in [0, 0.1) is 5.41 Å². The second-order valence-electron chi connectivity index (χ2n) is 5.97. The molecule has 0 bridgehead atoms. The van der Waals surface area contributed by atoms with Gasteiger partial charge in [0.25, 0.3) is 5.91 Å². The molecule has 2 heterocycles. The lowest BCUT2D eigenvalue weighted by Gasteiger charge is -2.40. The molecule has 110 valence electrons. The summed E-state index contributed by atoms with van der Waals surface area (Å²) in [6.07, 6.45) is 3.41. The van der Waals surface area contributed by atoms with Gasteiger partial charge in [0.15, 0.2) is 0 Å². The summed E-state index contributed by atoms with van der Waals surface area (Å²) < 4.78 is 1.61. The van der Waals surface area contributed by atoms with Crippen molar-refractivity contribution < 1.29 is 9.59 Å². The van der Waals surface area contributed by atoms with Crippen molar-refractivity contribution in [2.75, 3.05) is 27.2 Å². The molecule has 0 N–H and O–H groups in total. The van der Waals surface area contributed by atoms with Gasteiger partial charge in [-0.15, -0.1) is 0 Å². The lowest BCUT2D eigenvalue weighted by atomic mass is 9.80. The second kappa shape index (κ2) is 5.26. The lowest BCUT2D eigenvalue weighted by Crippen LogP contribution is -2.51. The number of nitrogens with zero attached hydrogens (tertiary/aromatic N) is 4. The fourth-order valence-electron chi connectivity index (χ4n) is 2.82. The van der Waals surface area contributed by atoms with E-state index in [1.807, 2.05) is 6.92 Å². The van der Waals surface area contributed by atoms with Crippen molar-refractivity contribution in [3.8, 4) is 0 Å². The van der Waals surface area contributed by atoms with Crippen LogP contribution < -0.4 is 0 Å². The van der Waals surface area contributed by atoms with Gasteiger partial charge < -0.3 is 9.80 Å². The molecule has 0 unspecified atom stereocenters. The Labute approximate surface area is 119 Å². The number of carbonyl (C=O) groups is 2. The number of hydrogen-bond donors (Lipinski definition) is 0. The van der Waals surface area contributed by atoms with E-state index in [1.54, 1.807) is 47.9 Å². The molecule has 1 aliphatic rings. The van der Waals surface area contributed by atoms with Crippen LogP contribution >= 0.6 is 0 Å². The van der Waals surface area contributed by atoms with Crippen molar-refractivity contribution in [1.29, 1.82) is 0 Å². The highest BCUT2D eigenvalue weighted by Crippen LogP contribution is 2.31. The van der Waals surface area contributed by atoms with Gasteiger partial charge in [0.05, 0.1) is 5.41 Å². The number of aryl methyl sites for hydroxylation is 1. The monoisotopic (exact) mass is 278 g/mol. The van der Waals surface area contributed by atoms with Crippen molar-refractivity contribution in [2.24, 2.45) is 12.5 Å². The molecule has 2 amide bonds. The van der Waals surface area contributed by atoms with E-state index in [1.165, 1.54) is 0 Å². The molecule has 20 heavy (non-hydrogen) atoms. The molecule has 0 aliphatic carbocycles. The van der Waals surface area contributed by atoms with Gasteiger partial charge in [-0.2, -0.15) is 5.10 Å². The first-order valence-electron chi connectivity index (χ1n) is 6.84. The summed E-state index contributed by atoms with van der Waals surface area (Å²) in [5.74, 6) is -0.0147. The van der Waals surface area contributed by atoms with Crippen molar-refractivity contribution in [3.63, 3.8) is 0 Å². The summed E-state index contributed by atoms with van der Waals surface area (Å²) in [4.78, 5) is 28.1. The van der Waals surface area contributed by atoms with Gasteiger partial charge in [-0.1, -0.05) is 0 Å². The Morgan fingerprint density at radius 3 is 2.65 bits per heavy atom. The summed E-state index contributed by atoms with van der Waals surface area (Å²) in [6.45, 7) is 3.08. The SMILES string of the molecule is CN(C)C(=O)[C@@]1(C)CCCN(C(=O)c2ccn(C)n2)C1. The van der Waals surface area contributed by atoms with Gasteiger partial charge in [0, 0.05) is 40.4 Å². The summed E-state index contributed by atoms with van der Waals surface area (Å²) in [6, 6.07) is 1.71. The van der Waals surface area contributed by atoms with E-state index in [2.05, 4.69) is 5.10 Å². The summed E-state index contributed by atoms with van der Waals surface area (Å²) in [5, 5.41) is 4.14. The Balaban J connectivity index is 2.14. The Kier molecular flexibility index (Phi) is 3.83. The second-order valence-corrected chi connectivity index (χ2v) is 5.97. The predicted octanol–water partition coefficient (Wildman–Crippen LogP) is 0.751. The highest BCUT2D eigenvalue weighted by atomic mass is 16.2. The first-order chi connectivity index (χ1) is 9.33. The average Bonchev–Trinajstić information content (AvgIpc) is 2.83. The van der Waals surface area contributed by atoms with Crippen molar-refractivity contribution in [3.05, 3.63) is 18.0 Å². The van der Waals surface area contributed by atoms with E-state index in [0.717, 1.165) is 12.8 Å². The summed E-state index contributed by atoms with van der Waals surface area (Å²) in [5.41, 5.74) is -0.0549. The lowest BCUT2D eigenvalue weighted by molar-refractivity contribution is -0.141. The number of likely N-dealkylation sites (tertiary alicyclic amines) is 1. The van der Waals surface area contributed by atoms with Gasteiger partial charge in [-0.25, -0.2) is 0 Å². The van der Waals surface area contributed by atoms with E-state index in [9.17, 15) is 9.59 Å². The molecule has 2 rings (SSSR count). The molecule has 6 heteroatoms. The molecule has 1 aromatic heterocycles. The Morgan fingerprint density at radius 2 is 2.10 bits per heavy atom. The van der Waals surface area contributed by atoms with Crippen LogP contribution in [0.15, 0.2) is 12.3 Å². The Bertz CT molecular complexity index is 523. The van der Waals surface area contributed by atoms with E-state index in [-0.39, 0.29) is 11.8 Å². The summed E-state index contributed by atoms with van der Waals surface area (Å²) in [7, 11) is 5.30. The van der Waals surface area contributed by atoms with Crippen LogP contribution in [0.1, 0.15) is 30.3 Å². The molecule has 6 nitrogen and oxygen atoms in total. The number of hydrogen-bond acceptors (Lipinski definition) is 3. The van der Waals surface area contributed by atoms with Crippen LogP contribution in [-0.2, 0) is 11.8 Å². The summed E-state index contributed by atoms with van der Waals surface area (Å²) >= 11 is 0. The van der Waals surface area contributed by atoms with Crippen molar-refractivity contribution in [2.45, 2.75) is 19.8 Å². The van der Waals surface area contributed by atoms with E-state index in [0.29, 0.717) is 18.8 Å². The number of carbonyl (C=O) groups excluding carboxylic acids is 2. The third kappa shape index (κ3) is 2.69. The largest absolute Gasteiger partial charge is 0.348 e.